The lowest BCUT2D eigenvalue weighted by atomic mass is 10.1. The second kappa shape index (κ2) is 6.21. The number of benzene rings is 1. The van der Waals surface area contributed by atoms with E-state index in [0.29, 0.717) is 0 Å². The summed E-state index contributed by atoms with van der Waals surface area (Å²) in [7, 11) is 4.15. The van der Waals surface area contributed by atoms with Crippen molar-refractivity contribution in [2.45, 2.75) is 19.8 Å². The summed E-state index contributed by atoms with van der Waals surface area (Å²) in [4.78, 5) is 2.14. The van der Waals surface area contributed by atoms with Gasteiger partial charge >= 0.3 is 0 Å². The molecule has 0 aliphatic heterocycles. The molecule has 0 bridgehead atoms. The van der Waals surface area contributed by atoms with Crippen molar-refractivity contribution in [3.8, 4) is 0 Å². The predicted molar refractivity (Wildman–Crippen MR) is 73.4 cm³/mol. The minimum Gasteiger partial charge on any atom is -0.385 e. The first kappa shape index (κ1) is 12.6. The van der Waals surface area contributed by atoms with Gasteiger partial charge in [-0.15, -0.1) is 6.58 Å². The summed E-state index contributed by atoms with van der Waals surface area (Å²) in [6.45, 7) is 6.86. The zero-order valence-electron chi connectivity index (χ0n) is 10.6. The maximum Gasteiger partial charge on any atom is 0.0411 e. The number of hydrogen-bond donors (Lipinski definition) is 1. The molecule has 2 nitrogen and oxygen atoms in total. The van der Waals surface area contributed by atoms with Gasteiger partial charge in [0, 0.05) is 32.0 Å². The van der Waals surface area contributed by atoms with Gasteiger partial charge in [-0.3, -0.25) is 0 Å². The first-order valence-electron chi connectivity index (χ1n) is 5.78. The Kier molecular flexibility index (Phi) is 4.90. The Balaban J connectivity index is 2.60. The molecule has 0 saturated carbocycles. The second-order valence-corrected chi connectivity index (χ2v) is 4.25. The van der Waals surface area contributed by atoms with E-state index < -0.39 is 0 Å². The number of anilines is 2. The third kappa shape index (κ3) is 3.61. The van der Waals surface area contributed by atoms with E-state index in [2.05, 4.69) is 56.0 Å². The highest BCUT2D eigenvalue weighted by Crippen LogP contribution is 2.22. The zero-order valence-corrected chi connectivity index (χ0v) is 10.6. The van der Waals surface area contributed by atoms with E-state index in [-0.39, 0.29) is 0 Å². The van der Waals surface area contributed by atoms with Gasteiger partial charge in [0.25, 0.3) is 0 Å². The van der Waals surface area contributed by atoms with E-state index in [4.69, 9.17) is 0 Å². The molecule has 0 heterocycles. The fourth-order valence-electron chi connectivity index (χ4n) is 1.68. The standard InChI is InChI=1S/C14H22N2/c1-5-6-7-10-15-13-9-8-12(2)14(11-13)16(3)4/h5,8-9,11,15H,1,6-7,10H2,2-4H3. The lowest BCUT2D eigenvalue weighted by molar-refractivity contribution is 0.891. The third-order valence-corrected chi connectivity index (χ3v) is 2.61. The van der Waals surface area contributed by atoms with Crippen LogP contribution >= 0.6 is 0 Å². The van der Waals surface area contributed by atoms with Crippen molar-refractivity contribution in [1.82, 2.24) is 0 Å². The SMILES string of the molecule is C=CCCCNc1ccc(C)c(N(C)C)c1. The van der Waals surface area contributed by atoms with Gasteiger partial charge in [0.05, 0.1) is 0 Å². The van der Waals surface area contributed by atoms with Crippen molar-refractivity contribution >= 4 is 11.4 Å². The number of hydrogen-bond acceptors (Lipinski definition) is 2. The van der Waals surface area contributed by atoms with Crippen LogP contribution in [-0.4, -0.2) is 20.6 Å². The number of nitrogens with zero attached hydrogens (tertiary/aromatic N) is 1. The molecule has 16 heavy (non-hydrogen) atoms. The van der Waals surface area contributed by atoms with E-state index in [0.717, 1.165) is 19.4 Å². The number of allylic oxidation sites excluding steroid dienone is 1. The Morgan fingerprint density at radius 1 is 1.38 bits per heavy atom. The van der Waals surface area contributed by atoms with Crippen molar-refractivity contribution in [1.29, 1.82) is 0 Å². The molecule has 88 valence electrons. The molecule has 0 atom stereocenters. The molecule has 0 saturated heterocycles. The Labute approximate surface area is 99.0 Å². The molecule has 0 aromatic heterocycles. The van der Waals surface area contributed by atoms with Crippen LogP contribution in [0.4, 0.5) is 11.4 Å². The molecular weight excluding hydrogens is 196 g/mol. The van der Waals surface area contributed by atoms with Crippen molar-refractivity contribution in [2.75, 3.05) is 30.9 Å². The van der Waals surface area contributed by atoms with Crippen LogP contribution in [0.25, 0.3) is 0 Å². The average molecular weight is 218 g/mol. The number of unbranched alkanes of at least 4 members (excludes halogenated alkanes) is 1. The average Bonchev–Trinajstić information content (AvgIpc) is 2.26. The van der Waals surface area contributed by atoms with E-state index in [1.54, 1.807) is 0 Å². The fraction of sp³-hybridized carbons (Fsp3) is 0.429. The first-order chi connectivity index (χ1) is 7.65. The summed E-state index contributed by atoms with van der Waals surface area (Å²) >= 11 is 0. The quantitative estimate of drug-likeness (QED) is 0.581. The number of aryl methyl sites for hydroxylation is 1. The minimum absolute atomic E-state index is 1.00. The van der Waals surface area contributed by atoms with Crippen molar-refractivity contribution in [3.63, 3.8) is 0 Å². The van der Waals surface area contributed by atoms with Crippen LogP contribution in [0.1, 0.15) is 18.4 Å². The maximum atomic E-state index is 3.72. The van der Waals surface area contributed by atoms with Crippen molar-refractivity contribution < 1.29 is 0 Å². The predicted octanol–water partition coefficient (Wildman–Crippen LogP) is 3.44. The van der Waals surface area contributed by atoms with Gasteiger partial charge in [-0.05, 0) is 37.5 Å². The first-order valence-corrected chi connectivity index (χ1v) is 5.78. The number of nitrogens with one attached hydrogen (secondary N) is 1. The van der Waals surface area contributed by atoms with Crippen LogP contribution < -0.4 is 10.2 Å². The summed E-state index contributed by atoms with van der Waals surface area (Å²) < 4.78 is 0. The molecule has 1 aromatic rings. The summed E-state index contributed by atoms with van der Waals surface area (Å²) in [5, 5.41) is 3.43. The van der Waals surface area contributed by atoms with Gasteiger partial charge in [0.15, 0.2) is 0 Å². The van der Waals surface area contributed by atoms with Crippen LogP contribution in [-0.2, 0) is 0 Å². The molecule has 1 aromatic carbocycles. The highest BCUT2D eigenvalue weighted by atomic mass is 15.1. The Bertz CT molecular complexity index is 343. The molecule has 0 aliphatic rings. The van der Waals surface area contributed by atoms with Crippen LogP contribution in [0.2, 0.25) is 0 Å². The van der Waals surface area contributed by atoms with Crippen molar-refractivity contribution in [3.05, 3.63) is 36.4 Å². The van der Waals surface area contributed by atoms with Gasteiger partial charge in [0.2, 0.25) is 0 Å². The minimum atomic E-state index is 1.00. The Morgan fingerprint density at radius 2 is 2.12 bits per heavy atom. The second-order valence-electron chi connectivity index (χ2n) is 4.25. The van der Waals surface area contributed by atoms with Crippen LogP contribution in [0, 0.1) is 6.92 Å². The molecule has 0 spiro atoms. The lowest BCUT2D eigenvalue weighted by Crippen LogP contribution is -2.11. The highest BCUT2D eigenvalue weighted by molar-refractivity contribution is 5.61. The van der Waals surface area contributed by atoms with E-state index >= 15 is 0 Å². The van der Waals surface area contributed by atoms with E-state index in [9.17, 15) is 0 Å². The number of rotatable bonds is 6. The molecule has 2 heteroatoms. The van der Waals surface area contributed by atoms with Crippen molar-refractivity contribution in [2.24, 2.45) is 0 Å². The molecule has 1 N–H and O–H groups in total. The van der Waals surface area contributed by atoms with Gasteiger partial charge < -0.3 is 10.2 Å². The molecule has 0 fully saturated rings. The zero-order chi connectivity index (χ0) is 12.0. The van der Waals surface area contributed by atoms with Gasteiger partial charge in [-0.2, -0.15) is 0 Å². The molecule has 1 rings (SSSR count). The Morgan fingerprint density at radius 3 is 2.75 bits per heavy atom. The monoisotopic (exact) mass is 218 g/mol. The molecule has 0 radical (unpaired) electrons. The topological polar surface area (TPSA) is 15.3 Å². The molecular formula is C14H22N2. The highest BCUT2D eigenvalue weighted by Gasteiger charge is 2.01. The lowest BCUT2D eigenvalue weighted by Gasteiger charge is -2.17. The summed E-state index contributed by atoms with van der Waals surface area (Å²) in [6.07, 6.45) is 4.16. The van der Waals surface area contributed by atoms with E-state index in [1.807, 2.05) is 6.08 Å². The smallest absolute Gasteiger partial charge is 0.0411 e. The summed E-state index contributed by atoms with van der Waals surface area (Å²) in [5.74, 6) is 0. The third-order valence-electron chi connectivity index (χ3n) is 2.61. The summed E-state index contributed by atoms with van der Waals surface area (Å²) in [6, 6.07) is 6.49. The normalized spacial score (nSPS) is 9.94. The van der Waals surface area contributed by atoms with Gasteiger partial charge in [-0.25, -0.2) is 0 Å². The van der Waals surface area contributed by atoms with Gasteiger partial charge in [-0.1, -0.05) is 12.1 Å². The van der Waals surface area contributed by atoms with Gasteiger partial charge in [0.1, 0.15) is 0 Å². The van der Waals surface area contributed by atoms with Crippen LogP contribution in [0.15, 0.2) is 30.9 Å². The maximum absolute atomic E-state index is 3.72. The van der Waals surface area contributed by atoms with E-state index in [1.165, 1.54) is 16.9 Å². The van der Waals surface area contributed by atoms with Crippen LogP contribution in [0.3, 0.4) is 0 Å². The molecule has 0 aliphatic carbocycles. The molecule has 0 amide bonds. The fourth-order valence-corrected chi connectivity index (χ4v) is 1.68. The summed E-state index contributed by atoms with van der Waals surface area (Å²) in [5.41, 5.74) is 3.77. The Hall–Kier alpha value is -1.44. The molecule has 0 unspecified atom stereocenters. The van der Waals surface area contributed by atoms with Crippen LogP contribution in [0.5, 0.6) is 0 Å². The largest absolute Gasteiger partial charge is 0.385 e.